The SMILES string of the molecule is O=C(c1ccccc1)N1CCN(C2=Nc3cc(C(F)(F)F)ccc3Oc3ccccc32)CC1. The average Bonchev–Trinajstić information content (AvgIpc) is 3.00. The van der Waals surface area contributed by atoms with Gasteiger partial charge in [0.2, 0.25) is 0 Å². The molecule has 1 amide bonds. The average molecular weight is 451 g/mol. The predicted molar refractivity (Wildman–Crippen MR) is 118 cm³/mol. The van der Waals surface area contributed by atoms with E-state index in [1.165, 1.54) is 6.07 Å². The fourth-order valence-electron chi connectivity index (χ4n) is 4.03. The van der Waals surface area contributed by atoms with Crippen LogP contribution in [0.25, 0.3) is 0 Å². The maximum absolute atomic E-state index is 13.3. The van der Waals surface area contributed by atoms with Crippen molar-refractivity contribution in [1.29, 1.82) is 0 Å². The van der Waals surface area contributed by atoms with Crippen LogP contribution in [0, 0.1) is 0 Å². The van der Waals surface area contributed by atoms with Gasteiger partial charge in [-0.1, -0.05) is 30.3 Å². The summed E-state index contributed by atoms with van der Waals surface area (Å²) < 4.78 is 45.8. The summed E-state index contributed by atoms with van der Waals surface area (Å²) in [5.74, 6) is 1.29. The lowest BCUT2D eigenvalue weighted by atomic mass is 10.1. The number of carbonyl (C=O) groups is 1. The van der Waals surface area contributed by atoms with Crippen molar-refractivity contribution in [2.24, 2.45) is 4.99 Å². The van der Waals surface area contributed by atoms with Crippen molar-refractivity contribution in [1.82, 2.24) is 9.80 Å². The van der Waals surface area contributed by atoms with Crippen LogP contribution < -0.4 is 4.74 Å². The molecule has 0 N–H and O–H groups in total. The lowest BCUT2D eigenvalue weighted by Crippen LogP contribution is -2.50. The van der Waals surface area contributed by atoms with Crippen molar-refractivity contribution in [2.75, 3.05) is 26.2 Å². The third-order valence-electron chi connectivity index (χ3n) is 5.75. The van der Waals surface area contributed by atoms with E-state index in [0.29, 0.717) is 48.9 Å². The predicted octanol–water partition coefficient (Wildman–Crippen LogP) is 5.35. The second kappa shape index (κ2) is 8.27. The Labute approximate surface area is 188 Å². The monoisotopic (exact) mass is 451 g/mol. The van der Waals surface area contributed by atoms with Gasteiger partial charge in [-0.2, -0.15) is 13.2 Å². The molecule has 5 rings (SSSR count). The molecule has 2 heterocycles. The van der Waals surface area contributed by atoms with Gasteiger partial charge < -0.3 is 14.5 Å². The largest absolute Gasteiger partial charge is 0.454 e. The third-order valence-corrected chi connectivity index (χ3v) is 5.75. The number of amidine groups is 1. The molecule has 2 aliphatic rings. The first kappa shape index (κ1) is 21.1. The number of halogens is 3. The van der Waals surface area contributed by atoms with E-state index in [4.69, 9.17) is 4.74 Å². The van der Waals surface area contributed by atoms with E-state index in [2.05, 4.69) is 4.99 Å². The highest BCUT2D eigenvalue weighted by Gasteiger charge is 2.33. The fourth-order valence-corrected chi connectivity index (χ4v) is 4.03. The normalized spacial score (nSPS) is 15.7. The first-order chi connectivity index (χ1) is 15.9. The van der Waals surface area contributed by atoms with Gasteiger partial charge in [-0.15, -0.1) is 0 Å². The van der Waals surface area contributed by atoms with Crippen LogP contribution in [0.3, 0.4) is 0 Å². The molecule has 33 heavy (non-hydrogen) atoms. The number of amides is 1. The van der Waals surface area contributed by atoms with Crippen molar-refractivity contribution < 1.29 is 22.7 Å². The number of piperazine rings is 1. The first-order valence-corrected chi connectivity index (χ1v) is 10.6. The summed E-state index contributed by atoms with van der Waals surface area (Å²) in [6.45, 7) is 1.95. The van der Waals surface area contributed by atoms with E-state index in [0.717, 1.165) is 12.1 Å². The van der Waals surface area contributed by atoms with Crippen molar-refractivity contribution in [3.05, 3.63) is 89.5 Å². The molecule has 168 valence electrons. The highest BCUT2D eigenvalue weighted by molar-refractivity contribution is 6.04. The molecular formula is C25H20F3N3O2. The number of benzene rings is 3. The zero-order valence-electron chi connectivity index (χ0n) is 17.5. The summed E-state index contributed by atoms with van der Waals surface area (Å²) in [6, 6.07) is 19.6. The van der Waals surface area contributed by atoms with Crippen LogP contribution in [0.2, 0.25) is 0 Å². The Kier molecular flexibility index (Phi) is 5.28. The molecule has 0 aliphatic carbocycles. The Balaban J connectivity index is 1.45. The van der Waals surface area contributed by atoms with Crippen LogP contribution in [0.15, 0.2) is 77.8 Å². The van der Waals surface area contributed by atoms with E-state index in [-0.39, 0.29) is 17.3 Å². The summed E-state index contributed by atoms with van der Waals surface area (Å²) in [7, 11) is 0. The fraction of sp³-hybridized carbons (Fsp3) is 0.200. The zero-order valence-corrected chi connectivity index (χ0v) is 17.5. The maximum atomic E-state index is 13.3. The lowest BCUT2D eigenvalue weighted by Gasteiger charge is -2.36. The molecule has 5 nitrogen and oxygen atoms in total. The summed E-state index contributed by atoms with van der Waals surface area (Å²) in [6.07, 6.45) is -4.48. The Morgan fingerprint density at radius 3 is 2.27 bits per heavy atom. The molecule has 1 fully saturated rings. The molecule has 3 aromatic rings. The number of aliphatic imine (C=N–C) groups is 1. The number of hydrogen-bond donors (Lipinski definition) is 0. The lowest BCUT2D eigenvalue weighted by molar-refractivity contribution is -0.137. The number of ether oxygens (including phenoxy) is 1. The smallest absolute Gasteiger partial charge is 0.416 e. The number of para-hydroxylation sites is 1. The Morgan fingerprint density at radius 2 is 1.55 bits per heavy atom. The van der Waals surface area contributed by atoms with Crippen LogP contribution >= 0.6 is 0 Å². The van der Waals surface area contributed by atoms with Gasteiger partial charge in [0.25, 0.3) is 5.91 Å². The van der Waals surface area contributed by atoms with Gasteiger partial charge in [0.15, 0.2) is 5.75 Å². The van der Waals surface area contributed by atoms with Crippen molar-refractivity contribution >= 4 is 17.4 Å². The molecule has 2 aliphatic heterocycles. The van der Waals surface area contributed by atoms with Gasteiger partial charge in [0.05, 0.1) is 11.1 Å². The topological polar surface area (TPSA) is 45.1 Å². The number of nitrogens with zero attached hydrogens (tertiary/aromatic N) is 3. The summed E-state index contributed by atoms with van der Waals surface area (Å²) in [5, 5.41) is 0. The number of rotatable bonds is 1. The van der Waals surface area contributed by atoms with Crippen LogP contribution in [-0.4, -0.2) is 47.7 Å². The van der Waals surface area contributed by atoms with Crippen LogP contribution in [0.4, 0.5) is 18.9 Å². The Bertz CT molecular complexity index is 1220. The van der Waals surface area contributed by atoms with Gasteiger partial charge in [0.1, 0.15) is 17.3 Å². The number of alkyl halides is 3. The van der Waals surface area contributed by atoms with Crippen molar-refractivity contribution in [3.63, 3.8) is 0 Å². The number of fused-ring (bicyclic) bond motifs is 2. The van der Waals surface area contributed by atoms with Gasteiger partial charge >= 0.3 is 6.18 Å². The van der Waals surface area contributed by atoms with Gasteiger partial charge in [0, 0.05) is 31.7 Å². The minimum absolute atomic E-state index is 0.0399. The third kappa shape index (κ3) is 4.16. The molecule has 0 saturated carbocycles. The second-order valence-electron chi connectivity index (χ2n) is 7.86. The molecular weight excluding hydrogens is 431 g/mol. The number of carbonyl (C=O) groups excluding carboxylic acids is 1. The van der Waals surface area contributed by atoms with Crippen LogP contribution in [-0.2, 0) is 6.18 Å². The quantitative estimate of drug-likeness (QED) is 0.501. The van der Waals surface area contributed by atoms with E-state index < -0.39 is 11.7 Å². The molecule has 3 aromatic carbocycles. The number of hydrogen-bond acceptors (Lipinski definition) is 4. The van der Waals surface area contributed by atoms with E-state index >= 15 is 0 Å². The molecule has 1 saturated heterocycles. The molecule has 0 spiro atoms. The van der Waals surface area contributed by atoms with Crippen molar-refractivity contribution in [2.45, 2.75) is 6.18 Å². The van der Waals surface area contributed by atoms with Crippen LogP contribution in [0.5, 0.6) is 11.5 Å². The zero-order chi connectivity index (χ0) is 23.0. The van der Waals surface area contributed by atoms with Gasteiger partial charge in [-0.3, -0.25) is 4.79 Å². The molecule has 0 atom stereocenters. The van der Waals surface area contributed by atoms with Gasteiger partial charge in [-0.25, -0.2) is 4.99 Å². The summed E-state index contributed by atoms with van der Waals surface area (Å²) >= 11 is 0. The molecule has 8 heteroatoms. The first-order valence-electron chi connectivity index (χ1n) is 10.6. The molecule has 0 unspecified atom stereocenters. The highest BCUT2D eigenvalue weighted by atomic mass is 19.4. The minimum Gasteiger partial charge on any atom is -0.454 e. The maximum Gasteiger partial charge on any atom is 0.416 e. The Morgan fingerprint density at radius 1 is 0.848 bits per heavy atom. The molecule has 0 aromatic heterocycles. The standard InChI is InChI=1S/C25H20F3N3O2/c26-25(27,28)18-10-11-22-20(16-18)29-23(19-8-4-5-9-21(19)33-22)30-12-14-31(15-13-30)24(32)17-6-2-1-3-7-17/h1-11,16H,12-15H2. The van der Waals surface area contributed by atoms with E-state index in [1.807, 2.05) is 41.3 Å². The second-order valence-corrected chi connectivity index (χ2v) is 7.86. The van der Waals surface area contributed by atoms with E-state index in [1.54, 1.807) is 23.1 Å². The molecule has 0 bridgehead atoms. The molecule has 0 radical (unpaired) electrons. The van der Waals surface area contributed by atoms with Crippen LogP contribution in [0.1, 0.15) is 21.5 Å². The summed E-state index contributed by atoms with van der Waals surface area (Å²) in [5.41, 5.74) is 0.672. The highest BCUT2D eigenvalue weighted by Crippen LogP contribution is 2.41. The van der Waals surface area contributed by atoms with Crippen molar-refractivity contribution in [3.8, 4) is 11.5 Å². The summed E-state index contributed by atoms with van der Waals surface area (Å²) in [4.78, 5) is 21.2. The minimum atomic E-state index is -4.48. The van der Waals surface area contributed by atoms with Gasteiger partial charge in [-0.05, 0) is 42.5 Å². The Hall–Kier alpha value is -3.81. The van der Waals surface area contributed by atoms with E-state index in [9.17, 15) is 18.0 Å².